The zero-order chi connectivity index (χ0) is 21.1. The second-order valence-electron chi connectivity index (χ2n) is 6.89. The fourth-order valence-electron chi connectivity index (χ4n) is 2.71. The van der Waals surface area contributed by atoms with E-state index in [1.807, 2.05) is 68.4 Å². The summed E-state index contributed by atoms with van der Waals surface area (Å²) in [6.45, 7) is 4.52. The van der Waals surface area contributed by atoms with E-state index in [2.05, 4.69) is 0 Å². The van der Waals surface area contributed by atoms with Crippen molar-refractivity contribution in [3.05, 3.63) is 60.2 Å². The molecule has 0 aromatic heterocycles. The monoisotopic (exact) mass is 399 g/mol. The Morgan fingerprint density at radius 1 is 0.966 bits per heavy atom. The molecular weight excluding hydrogens is 370 g/mol. The number of carbonyl (C=O) groups excluding carboxylic acids is 2. The summed E-state index contributed by atoms with van der Waals surface area (Å²) in [4.78, 5) is 26.1. The minimum Gasteiger partial charge on any atom is -0.497 e. The fourth-order valence-corrected chi connectivity index (χ4v) is 2.71. The first-order chi connectivity index (χ1) is 14.0. The largest absolute Gasteiger partial charge is 0.497 e. The Kier molecular flexibility index (Phi) is 9.02. The third-order valence-corrected chi connectivity index (χ3v) is 4.35. The molecule has 0 fully saturated rings. The van der Waals surface area contributed by atoms with E-state index < -0.39 is 5.97 Å². The van der Waals surface area contributed by atoms with Crippen molar-refractivity contribution in [3.63, 3.8) is 0 Å². The molecule has 29 heavy (non-hydrogen) atoms. The third kappa shape index (κ3) is 7.86. The summed E-state index contributed by atoms with van der Waals surface area (Å²) >= 11 is 0. The van der Waals surface area contributed by atoms with Crippen molar-refractivity contribution in [1.29, 1.82) is 0 Å². The maximum absolute atomic E-state index is 12.5. The lowest BCUT2D eigenvalue weighted by Gasteiger charge is -2.26. The van der Waals surface area contributed by atoms with E-state index in [0.29, 0.717) is 25.3 Å². The molecule has 2 rings (SSSR count). The van der Waals surface area contributed by atoms with Crippen LogP contribution >= 0.6 is 0 Å². The molecule has 0 aliphatic carbocycles. The number of carbonyl (C=O) groups is 2. The van der Waals surface area contributed by atoms with Crippen LogP contribution in [0.2, 0.25) is 0 Å². The molecule has 6 nitrogen and oxygen atoms in total. The van der Waals surface area contributed by atoms with Crippen molar-refractivity contribution >= 4 is 11.9 Å². The topological polar surface area (TPSA) is 65.1 Å². The van der Waals surface area contributed by atoms with Gasteiger partial charge in [0.1, 0.15) is 11.5 Å². The second-order valence-corrected chi connectivity index (χ2v) is 6.89. The highest BCUT2D eigenvalue weighted by atomic mass is 16.5. The van der Waals surface area contributed by atoms with E-state index in [9.17, 15) is 9.59 Å². The van der Waals surface area contributed by atoms with Crippen molar-refractivity contribution in [3.8, 4) is 11.5 Å². The molecule has 0 aliphatic rings. The number of hydrogen-bond donors (Lipinski definition) is 0. The summed E-state index contributed by atoms with van der Waals surface area (Å²) in [6, 6.07) is 17.0. The highest BCUT2D eigenvalue weighted by Crippen LogP contribution is 2.17. The van der Waals surface area contributed by atoms with Gasteiger partial charge >= 0.3 is 5.97 Å². The summed E-state index contributed by atoms with van der Waals surface area (Å²) in [5.74, 6) is 0.864. The Hall–Kier alpha value is -3.02. The molecule has 6 heteroatoms. The molecule has 0 aliphatic heterocycles. The van der Waals surface area contributed by atoms with Gasteiger partial charge in [0, 0.05) is 19.0 Å². The van der Waals surface area contributed by atoms with Crippen LogP contribution in [0.1, 0.15) is 32.3 Å². The normalized spacial score (nSPS) is 10.5. The number of nitrogens with zero attached hydrogens (tertiary/aromatic N) is 1. The van der Waals surface area contributed by atoms with Crippen molar-refractivity contribution in [2.45, 2.75) is 39.3 Å². The maximum atomic E-state index is 12.5. The van der Waals surface area contributed by atoms with Crippen LogP contribution in [0.3, 0.4) is 0 Å². The van der Waals surface area contributed by atoms with Crippen molar-refractivity contribution in [1.82, 2.24) is 4.90 Å². The predicted molar refractivity (Wildman–Crippen MR) is 111 cm³/mol. The van der Waals surface area contributed by atoms with Crippen molar-refractivity contribution in [2.75, 3.05) is 20.3 Å². The van der Waals surface area contributed by atoms with E-state index in [0.717, 1.165) is 11.3 Å². The Labute approximate surface area is 172 Å². The van der Waals surface area contributed by atoms with Crippen LogP contribution < -0.4 is 9.47 Å². The number of amides is 1. The Balaban J connectivity index is 1.69. The predicted octanol–water partition coefficient (Wildman–Crippen LogP) is 3.83. The standard InChI is InChI=1S/C23H29NO5/c1-18(2)24(16-19-8-5-4-6-9-19)22(25)17-29-23(26)10-7-15-28-21-13-11-20(27-3)12-14-21/h4-6,8-9,11-14,18H,7,10,15-17H2,1-3H3. The third-order valence-electron chi connectivity index (χ3n) is 4.35. The first kappa shape index (κ1) is 22.3. The van der Waals surface area contributed by atoms with Crippen LogP contribution in [-0.4, -0.2) is 43.1 Å². The van der Waals surface area contributed by atoms with Crippen LogP contribution in [0.15, 0.2) is 54.6 Å². The van der Waals surface area contributed by atoms with E-state index in [-0.39, 0.29) is 25.0 Å². The summed E-state index contributed by atoms with van der Waals surface area (Å²) < 4.78 is 15.8. The summed E-state index contributed by atoms with van der Waals surface area (Å²) in [6.07, 6.45) is 0.709. The zero-order valence-electron chi connectivity index (χ0n) is 17.3. The lowest BCUT2D eigenvalue weighted by Crippen LogP contribution is -2.39. The molecule has 0 saturated carbocycles. The highest BCUT2D eigenvalue weighted by molar-refractivity contribution is 5.80. The number of benzene rings is 2. The SMILES string of the molecule is COc1ccc(OCCCC(=O)OCC(=O)N(Cc2ccccc2)C(C)C)cc1. The summed E-state index contributed by atoms with van der Waals surface area (Å²) in [5, 5.41) is 0. The van der Waals surface area contributed by atoms with Gasteiger partial charge in [0.15, 0.2) is 6.61 Å². The van der Waals surface area contributed by atoms with Gasteiger partial charge in [-0.25, -0.2) is 0 Å². The van der Waals surface area contributed by atoms with Gasteiger partial charge in [0.2, 0.25) is 0 Å². The average Bonchev–Trinajstić information content (AvgIpc) is 2.74. The van der Waals surface area contributed by atoms with Crippen LogP contribution in [-0.2, 0) is 20.9 Å². The molecule has 0 saturated heterocycles. The molecular formula is C23H29NO5. The minimum atomic E-state index is -0.403. The molecule has 2 aromatic rings. The summed E-state index contributed by atoms with van der Waals surface area (Å²) in [7, 11) is 1.61. The quantitative estimate of drug-likeness (QED) is 0.424. The molecule has 156 valence electrons. The van der Waals surface area contributed by atoms with E-state index in [1.165, 1.54) is 0 Å². The van der Waals surface area contributed by atoms with Crippen molar-refractivity contribution < 1.29 is 23.8 Å². The lowest BCUT2D eigenvalue weighted by molar-refractivity contribution is -0.153. The molecule has 0 spiro atoms. The number of ether oxygens (including phenoxy) is 3. The Morgan fingerprint density at radius 3 is 2.24 bits per heavy atom. The van der Waals surface area contributed by atoms with Gasteiger partial charge in [-0.2, -0.15) is 0 Å². The van der Waals surface area contributed by atoms with Gasteiger partial charge in [-0.15, -0.1) is 0 Å². The number of rotatable bonds is 11. The first-order valence-electron chi connectivity index (χ1n) is 9.75. The van der Waals surface area contributed by atoms with Gasteiger partial charge in [0.25, 0.3) is 5.91 Å². The van der Waals surface area contributed by atoms with Gasteiger partial charge in [-0.1, -0.05) is 30.3 Å². The molecule has 0 N–H and O–H groups in total. The van der Waals surface area contributed by atoms with E-state index in [4.69, 9.17) is 14.2 Å². The molecule has 1 amide bonds. The minimum absolute atomic E-state index is 0.0132. The van der Waals surface area contributed by atoms with E-state index >= 15 is 0 Å². The van der Waals surface area contributed by atoms with Crippen LogP contribution in [0, 0.1) is 0 Å². The van der Waals surface area contributed by atoms with Crippen LogP contribution in [0.25, 0.3) is 0 Å². The second kappa shape index (κ2) is 11.7. The van der Waals surface area contributed by atoms with Gasteiger partial charge in [-0.05, 0) is 50.1 Å². The van der Waals surface area contributed by atoms with Gasteiger partial charge in [-0.3, -0.25) is 9.59 Å². The summed E-state index contributed by atoms with van der Waals surface area (Å²) in [5.41, 5.74) is 1.04. The number of hydrogen-bond acceptors (Lipinski definition) is 5. The van der Waals surface area contributed by atoms with Crippen LogP contribution in [0.4, 0.5) is 0 Å². The maximum Gasteiger partial charge on any atom is 0.306 e. The Bertz CT molecular complexity index is 759. The molecule has 0 heterocycles. The fraction of sp³-hybridized carbons (Fsp3) is 0.391. The van der Waals surface area contributed by atoms with Gasteiger partial charge in [0.05, 0.1) is 13.7 Å². The van der Waals surface area contributed by atoms with Crippen LogP contribution in [0.5, 0.6) is 11.5 Å². The first-order valence-corrected chi connectivity index (χ1v) is 9.75. The van der Waals surface area contributed by atoms with Gasteiger partial charge < -0.3 is 19.1 Å². The highest BCUT2D eigenvalue weighted by Gasteiger charge is 2.19. The lowest BCUT2D eigenvalue weighted by atomic mass is 10.2. The molecule has 0 radical (unpaired) electrons. The average molecular weight is 399 g/mol. The molecule has 0 atom stereocenters. The molecule has 2 aromatic carbocycles. The molecule has 0 unspecified atom stereocenters. The molecule has 0 bridgehead atoms. The van der Waals surface area contributed by atoms with Crippen molar-refractivity contribution in [2.24, 2.45) is 0 Å². The Morgan fingerprint density at radius 2 is 1.62 bits per heavy atom. The van der Waals surface area contributed by atoms with E-state index in [1.54, 1.807) is 12.0 Å². The smallest absolute Gasteiger partial charge is 0.306 e. The number of methoxy groups -OCH3 is 1. The zero-order valence-corrected chi connectivity index (χ0v) is 17.3. The number of esters is 1.